The van der Waals surface area contributed by atoms with E-state index >= 15 is 0 Å². The lowest BCUT2D eigenvalue weighted by Gasteiger charge is -2.31. The number of hydrogen-bond donors (Lipinski definition) is 1. The van der Waals surface area contributed by atoms with Gasteiger partial charge in [-0.1, -0.05) is 6.92 Å². The molecule has 1 aliphatic rings. The Balaban J connectivity index is 2.47. The van der Waals surface area contributed by atoms with Gasteiger partial charge in [-0.05, 0) is 25.7 Å². The van der Waals surface area contributed by atoms with E-state index in [-0.39, 0.29) is 12.1 Å². The van der Waals surface area contributed by atoms with Crippen molar-refractivity contribution >= 4 is 6.03 Å². The predicted octanol–water partition coefficient (Wildman–Crippen LogP) is 1.48. The Bertz CT molecular complexity index is 234. The summed E-state index contributed by atoms with van der Waals surface area (Å²) in [5.74, 6) is 0. The minimum absolute atomic E-state index is 0.0851. The summed E-state index contributed by atoms with van der Waals surface area (Å²) in [7, 11) is 0. The lowest BCUT2D eigenvalue weighted by molar-refractivity contribution is 0.169. The van der Waals surface area contributed by atoms with Crippen LogP contribution in [0.15, 0.2) is 0 Å². The lowest BCUT2D eigenvalue weighted by atomic mass is 10.0. The fourth-order valence-corrected chi connectivity index (χ4v) is 1.64. The third-order valence-corrected chi connectivity index (χ3v) is 2.44. The Morgan fingerprint density at radius 1 is 1.64 bits per heavy atom. The van der Waals surface area contributed by atoms with Crippen LogP contribution in [0, 0.1) is 11.3 Å². The van der Waals surface area contributed by atoms with Gasteiger partial charge in [-0.15, -0.1) is 0 Å². The van der Waals surface area contributed by atoms with E-state index < -0.39 is 0 Å². The molecule has 14 heavy (non-hydrogen) atoms. The topological polar surface area (TPSA) is 56.1 Å². The van der Waals surface area contributed by atoms with Gasteiger partial charge in [0.2, 0.25) is 0 Å². The Morgan fingerprint density at radius 3 is 3.07 bits per heavy atom. The van der Waals surface area contributed by atoms with Crippen molar-refractivity contribution in [1.29, 1.82) is 5.26 Å². The zero-order chi connectivity index (χ0) is 10.4. The maximum Gasteiger partial charge on any atom is 0.318 e. The van der Waals surface area contributed by atoms with Crippen molar-refractivity contribution in [2.45, 2.75) is 38.6 Å². The number of nitrogens with zero attached hydrogens (tertiary/aromatic N) is 2. The number of nitriles is 1. The summed E-state index contributed by atoms with van der Waals surface area (Å²) in [6.07, 6.45) is 3.81. The van der Waals surface area contributed by atoms with Crippen molar-refractivity contribution in [1.82, 2.24) is 10.2 Å². The van der Waals surface area contributed by atoms with Gasteiger partial charge in [0.15, 0.2) is 0 Å². The molecule has 2 amide bonds. The van der Waals surface area contributed by atoms with Crippen LogP contribution in [0.4, 0.5) is 4.79 Å². The Kier molecular flexibility index (Phi) is 4.24. The minimum atomic E-state index is -0.222. The van der Waals surface area contributed by atoms with Crippen LogP contribution in [-0.4, -0.2) is 30.1 Å². The summed E-state index contributed by atoms with van der Waals surface area (Å²) in [5, 5.41) is 11.7. The monoisotopic (exact) mass is 195 g/mol. The van der Waals surface area contributed by atoms with Gasteiger partial charge >= 0.3 is 6.03 Å². The molecule has 0 radical (unpaired) electrons. The molecule has 0 aromatic heterocycles. The van der Waals surface area contributed by atoms with Crippen LogP contribution in [0.25, 0.3) is 0 Å². The molecular formula is C10H17N3O. The maximum absolute atomic E-state index is 11.6. The molecule has 78 valence electrons. The van der Waals surface area contributed by atoms with Crippen LogP contribution in [0.3, 0.4) is 0 Å². The fraction of sp³-hybridized carbons (Fsp3) is 0.800. The van der Waals surface area contributed by atoms with Crippen LogP contribution in [-0.2, 0) is 0 Å². The summed E-state index contributed by atoms with van der Waals surface area (Å²) in [6.45, 7) is 3.42. The normalized spacial score (nSPS) is 21.4. The molecule has 0 saturated carbocycles. The smallest absolute Gasteiger partial charge is 0.318 e. The highest BCUT2D eigenvalue weighted by molar-refractivity contribution is 5.75. The maximum atomic E-state index is 11.6. The molecule has 4 nitrogen and oxygen atoms in total. The highest BCUT2D eigenvalue weighted by Gasteiger charge is 2.25. The molecule has 1 rings (SSSR count). The number of carbonyl (C=O) groups excluding carboxylic acids is 1. The number of amides is 2. The van der Waals surface area contributed by atoms with Crippen LogP contribution < -0.4 is 5.32 Å². The minimum Gasteiger partial charge on any atom is -0.338 e. The third-order valence-electron chi connectivity index (χ3n) is 2.44. The van der Waals surface area contributed by atoms with Crippen LogP contribution in [0.2, 0.25) is 0 Å². The van der Waals surface area contributed by atoms with Crippen LogP contribution in [0.1, 0.15) is 32.6 Å². The van der Waals surface area contributed by atoms with E-state index in [2.05, 4.69) is 11.4 Å². The van der Waals surface area contributed by atoms with E-state index in [0.717, 1.165) is 25.7 Å². The van der Waals surface area contributed by atoms with E-state index in [1.54, 1.807) is 4.90 Å². The first kappa shape index (κ1) is 10.8. The lowest BCUT2D eigenvalue weighted by Crippen LogP contribution is -2.48. The molecule has 1 fully saturated rings. The highest BCUT2D eigenvalue weighted by atomic mass is 16.2. The van der Waals surface area contributed by atoms with Crippen molar-refractivity contribution in [2.24, 2.45) is 0 Å². The Labute approximate surface area is 84.9 Å². The van der Waals surface area contributed by atoms with Crippen molar-refractivity contribution in [3.63, 3.8) is 0 Å². The van der Waals surface area contributed by atoms with E-state index in [1.807, 2.05) is 6.92 Å². The summed E-state index contributed by atoms with van der Waals surface area (Å²) in [6, 6.07) is 1.87. The van der Waals surface area contributed by atoms with Gasteiger partial charge in [0.1, 0.15) is 6.04 Å². The van der Waals surface area contributed by atoms with Gasteiger partial charge in [-0.25, -0.2) is 4.79 Å². The number of piperidine rings is 1. The van der Waals surface area contributed by atoms with Gasteiger partial charge < -0.3 is 10.2 Å². The molecule has 1 saturated heterocycles. The van der Waals surface area contributed by atoms with Gasteiger partial charge in [0.05, 0.1) is 6.07 Å². The van der Waals surface area contributed by atoms with Gasteiger partial charge in [0.25, 0.3) is 0 Å². The average Bonchev–Trinajstić information content (AvgIpc) is 2.25. The number of hydrogen-bond acceptors (Lipinski definition) is 2. The van der Waals surface area contributed by atoms with E-state index in [1.165, 1.54) is 0 Å². The first-order chi connectivity index (χ1) is 6.79. The largest absolute Gasteiger partial charge is 0.338 e. The summed E-state index contributed by atoms with van der Waals surface area (Å²) < 4.78 is 0. The highest BCUT2D eigenvalue weighted by Crippen LogP contribution is 2.15. The molecule has 0 spiro atoms. The number of urea groups is 1. The number of carbonyl (C=O) groups is 1. The molecule has 1 aliphatic heterocycles. The summed E-state index contributed by atoms with van der Waals surface area (Å²) in [5.41, 5.74) is 0. The molecular weight excluding hydrogens is 178 g/mol. The average molecular weight is 195 g/mol. The summed E-state index contributed by atoms with van der Waals surface area (Å²) in [4.78, 5) is 13.2. The first-order valence-corrected chi connectivity index (χ1v) is 5.23. The molecule has 1 N–H and O–H groups in total. The Morgan fingerprint density at radius 2 is 2.43 bits per heavy atom. The van der Waals surface area contributed by atoms with Gasteiger partial charge in [-0.3, -0.25) is 0 Å². The SMILES string of the molecule is CCCNC(=O)N1CCCCC1C#N. The predicted molar refractivity (Wildman–Crippen MR) is 53.6 cm³/mol. The molecule has 0 aromatic carbocycles. The number of rotatable bonds is 2. The van der Waals surface area contributed by atoms with Crippen molar-refractivity contribution in [3.8, 4) is 6.07 Å². The van der Waals surface area contributed by atoms with Gasteiger partial charge in [-0.2, -0.15) is 5.26 Å². The molecule has 0 bridgehead atoms. The second-order valence-electron chi connectivity index (χ2n) is 3.57. The molecule has 1 atom stereocenters. The number of nitrogens with one attached hydrogen (secondary N) is 1. The first-order valence-electron chi connectivity index (χ1n) is 5.23. The molecule has 1 unspecified atom stereocenters. The quantitative estimate of drug-likeness (QED) is 0.725. The zero-order valence-electron chi connectivity index (χ0n) is 8.62. The molecule has 0 aliphatic carbocycles. The van der Waals surface area contributed by atoms with Crippen LogP contribution >= 0.6 is 0 Å². The standard InChI is InChI=1S/C10H17N3O/c1-2-6-12-10(14)13-7-4-3-5-9(13)8-11/h9H,2-7H2,1H3,(H,12,14). The van der Waals surface area contributed by atoms with Crippen molar-refractivity contribution < 1.29 is 4.79 Å². The molecule has 1 heterocycles. The zero-order valence-corrected chi connectivity index (χ0v) is 8.62. The molecule has 4 heteroatoms. The second-order valence-corrected chi connectivity index (χ2v) is 3.57. The fourth-order valence-electron chi connectivity index (χ4n) is 1.64. The van der Waals surface area contributed by atoms with E-state index in [4.69, 9.17) is 5.26 Å². The van der Waals surface area contributed by atoms with Gasteiger partial charge in [0, 0.05) is 13.1 Å². The second kappa shape index (κ2) is 5.48. The third kappa shape index (κ3) is 2.63. The Hall–Kier alpha value is -1.24. The summed E-state index contributed by atoms with van der Waals surface area (Å²) >= 11 is 0. The number of likely N-dealkylation sites (tertiary alicyclic amines) is 1. The van der Waals surface area contributed by atoms with E-state index in [9.17, 15) is 4.79 Å². The van der Waals surface area contributed by atoms with Crippen molar-refractivity contribution in [3.05, 3.63) is 0 Å². The van der Waals surface area contributed by atoms with Crippen LogP contribution in [0.5, 0.6) is 0 Å². The molecule has 0 aromatic rings. The van der Waals surface area contributed by atoms with Crippen molar-refractivity contribution in [2.75, 3.05) is 13.1 Å². The van der Waals surface area contributed by atoms with E-state index in [0.29, 0.717) is 13.1 Å².